The van der Waals surface area contributed by atoms with Crippen LogP contribution in [0.4, 0.5) is 0 Å². The summed E-state index contributed by atoms with van der Waals surface area (Å²) in [6.45, 7) is 4.45. The Balaban J connectivity index is 1.94. The van der Waals surface area contributed by atoms with Crippen molar-refractivity contribution in [3.8, 4) is 0 Å². The van der Waals surface area contributed by atoms with Crippen LogP contribution < -0.4 is 0 Å². The first kappa shape index (κ1) is 12.1. The van der Waals surface area contributed by atoms with Crippen LogP contribution in [0.25, 0.3) is 0 Å². The van der Waals surface area contributed by atoms with Gasteiger partial charge in [0.05, 0.1) is 6.61 Å². The summed E-state index contributed by atoms with van der Waals surface area (Å²) in [5, 5.41) is 11.7. The molecule has 2 rings (SSSR count). The Morgan fingerprint density at radius 3 is 2.71 bits per heavy atom. The molecule has 0 saturated carbocycles. The van der Waals surface area contributed by atoms with Crippen molar-refractivity contribution in [1.82, 2.24) is 0 Å². The lowest BCUT2D eigenvalue weighted by Crippen LogP contribution is -2.24. The zero-order valence-electron chi connectivity index (χ0n) is 10.1. The fourth-order valence-corrected chi connectivity index (χ4v) is 1.79. The largest absolute Gasteiger partial charge is 0.624 e. The highest BCUT2D eigenvalue weighted by atomic mass is 16.7. The summed E-state index contributed by atoms with van der Waals surface area (Å²) in [4.78, 5) is 0. The van der Waals surface area contributed by atoms with E-state index in [9.17, 15) is 5.21 Å². The predicted octanol–water partition coefficient (Wildman–Crippen LogP) is 1.92. The highest BCUT2D eigenvalue weighted by Gasteiger charge is 2.33. The van der Waals surface area contributed by atoms with Gasteiger partial charge in [-0.3, -0.25) is 0 Å². The molecule has 0 aromatic heterocycles. The average molecular weight is 235 g/mol. The Labute approximate surface area is 101 Å². The number of benzene rings is 1. The van der Waals surface area contributed by atoms with Crippen LogP contribution in [0.1, 0.15) is 19.4 Å². The van der Waals surface area contributed by atoms with E-state index < -0.39 is 5.79 Å². The van der Waals surface area contributed by atoms with E-state index in [0.717, 1.165) is 10.3 Å². The first-order chi connectivity index (χ1) is 8.05. The van der Waals surface area contributed by atoms with Crippen LogP contribution in [0.2, 0.25) is 0 Å². The highest BCUT2D eigenvalue weighted by molar-refractivity contribution is 5.58. The number of hydrogen-bond acceptors (Lipinski definition) is 3. The number of hydroxylamine groups is 1. The predicted molar refractivity (Wildman–Crippen MR) is 64.7 cm³/mol. The Morgan fingerprint density at radius 1 is 1.41 bits per heavy atom. The van der Waals surface area contributed by atoms with Crippen LogP contribution >= 0.6 is 0 Å². The Kier molecular flexibility index (Phi) is 3.45. The van der Waals surface area contributed by atoms with E-state index >= 15 is 0 Å². The zero-order valence-corrected chi connectivity index (χ0v) is 10.1. The lowest BCUT2D eigenvalue weighted by molar-refractivity contribution is -0.472. The molecule has 4 heteroatoms. The van der Waals surface area contributed by atoms with Gasteiger partial charge >= 0.3 is 0 Å². The van der Waals surface area contributed by atoms with Crippen LogP contribution in [0.3, 0.4) is 0 Å². The van der Waals surface area contributed by atoms with Gasteiger partial charge in [0.1, 0.15) is 0 Å². The summed E-state index contributed by atoms with van der Waals surface area (Å²) >= 11 is 0. The topological polar surface area (TPSA) is 44.5 Å². The fourth-order valence-electron chi connectivity index (χ4n) is 1.79. The normalized spacial score (nSPS) is 23.9. The Bertz CT molecular complexity index is 400. The molecule has 1 aliphatic rings. The number of ether oxygens (including phenoxy) is 2. The molecule has 0 radical (unpaired) electrons. The van der Waals surface area contributed by atoms with Crippen molar-refractivity contribution in [1.29, 1.82) is 0 Å². The number of nitrogens with zero attached hydrogens (tertiary/aromatic N) is 1. The van der Waals surface area contributed by atoms with E-state index in [4.69, 9.17) is 9.47 Å². The third-order valence-electron chi connectivity index (χ3n) is 2.54. The lowest BCUT2D eigenvalue weighted by Gasteiger charge is -2.15. The summed E-state index contributed by atoms with van der Waals surface area (Å²) in [6.07, 6.45) is 1.27. The SMILES string of the molecule is CC1(C)OC[C@@H](/C=[N+](\[O-])Cc2ccccc2)O1. The van der Waals surface area contributed by atoms with Crippen LogP contribution in [0.15, 0.2) is 30.3 Å². The second kappa shape index (κ2) is 4.85. The van der Waals surface area contributed by atoms with Gasteiger partial charge in [0.15, 0.2) is 24.7 Å². The van der Waals surface area contributed by atoms with E-state index in [0.29, 0.717) is 13.2 Å². The molecular weight excluding hydrogens is 218 g/mol. The van der Waals surface area contributed by atoms with Gasteiger partial charge in [-0.25, -0.2) is 4.74 Å². The van der Waals surface area contributed by atoms with Gasteiger partial charge in [-0.1, -0.05) is 30.3 Å². The minimum Gasteiger partial charge on any atom is -0.624 e. The molecule has 1 aromatic carbocycles. The molecule has 1 atom stereocenters. The monoisotopic (exact) mass is 235 g/mol. The first-order valence-corrected chi connectivity index (χ1v) is 5.70. The van der Waals surface area contributed by atoms with Crippen LogP contribution in [-0.4, -0.2) is 29.5 Å². The van der Waals surface area contributed by atoms with Crippen molar-refractivity contribution >= 4 is 6.21 Å². The minimum atomic E-state index is -0.589. The number of hydrogen-bond donors (Lipinski definition) is 0. The molecular formula is C13H17NO3. The molecule has 0 amide bonds. The van der Waals surface area contributed by atoms with Gasteiger partial charge in [-0.15, -0.1) is 0 Å². The van der Waals surface area contributed by atoms with Crippen molar-refractivity contribution in [2.24, 2.45) is 0 Å². The van der Waals surface area contributed by atoms with Gasteiger partial charge in [0.25, 0.3) is 0 Å². The number of rotatable bonds is 3. The maximum atomic E-state index is 11.7. The molecule has 1 aliphatic heterocycles. The molecule has 0 unspecified atom stereocenters. The van der Waals surface area contributed by atoms with Crippen molar-refractivity contribution < 1.29 is 14.2 Å². The Morgan fingerprint density at radius 2 is 2.12 bits per heavy atom. The summed E-state index contributed by atoms with van der Waals surface area (Å²) < 4.78 is 11.8. The van der Waals surface area contributed by atoms with Gasteiger partial charge in [0, 0.05) is 5.56 Å². The molecule has 92 valence electrons. The molecule has 0 bridgehead atoms. The van der Waals surface area contributed by atoms with E-state index in [-0.39, 0.29) is 6.10 Å². The van der Waals surface area contributed by atoms with Crippen molar-refractivity contribution in [3.63, 3.8) is 0 Å². The molecule has 0 N–H and O–H groups in total. The summed E-state index contributed by atoms with van der Waals surface area (Å²) in [5.74, 6) is -0.589. The second-order valence-electron chi connectivity index (χ2n) is 4.58. The van der Waals surface area contributed by atoms with Gasteiger partial charge in [-0.2, -0.15) is 0 Å². The van der Waals surface area contributed by atoms with Crippen molar-refractivity contribution in [3.05, 3.63) is 41.1 Å². The first-order valence-electron chi connectivity index (χ1n) is 5.70. The maximum absolute atomic E-state index is 11.7. The highest BCUT2D eigenvalue weighted by Crippen LogP contribution is 2.21. The molecule has 1 fully saturated rings. The lowest BCUT2D eigenvalue weighted by atomic mass is 10.2. The minimum absolute atomic E-state index is 0.258. The standard InChI is InChI=1S/C13H17NO3/c1-13(2)16-10-12(17-13)9-14(15)8-11-6-4-3-5-7-11/h3-7,9,12H,8,10H2,1-2H3/b14-9-/t12-/m1/s1. The summed E-state index contributed by atoms with van der Waals surface area (Å²) in [6, 6.07) is 9.62. The van der Waals surface area contributed by atoms with Gasteiger partial charge < -0.3 is 14.7 Å². The third-order valence-corrected chi connectivity index (χ3v) is 2.54. The summed E-state index contributed by atoms with van der Waals surface area (Å²) in [5.41, 5.74) is 0.983. The van der Waals surface area contributed by atoms with E-state index in [2.05, 4.69) is 0 Å². The second-order valence-corrected chi connectivity index (χ2v) is 4.58. The van der Waals surface area contributed by atoms with Gasteiger partial charge in [-0.05, 0) is 13.8 Å². The van der Waals surface area contributed by atoms with Crippen LogP contribution in [-0.2, 0) is 16.0 Å². The van der Waals surface area contributed by atoms with E-state index in [1.165, 1.54) is 6.21 Å². The molecule has 4 nitrogen and oxygen atoms in total. The average Bonchev–Trinajstić information content (AvgIpc) is 2.59. The van der Waals surface area contributed by atoms with Gasteiger partial charge in [0.2, 0.25) is 0 Å². The molecule has 1 aromatic rings. The quantitative estimate of drug-likeness (QED) is 0.348. The van der Waals surface area contributed by atoms with E-state index in [1.807, 2.05) is 44.2 Å². The zero-order chi connectivity index (χ0) is 12.3. The van der Waals surface area contributed by atoms with Crippen LogP contribution in [0.5, 0.6) is 0 Å². The van der Waals surface area contributed by atoms with Crippen LogP contribution in [0, 0.1) is 5.21 Å². The fraction of sp³-hybridized carbons (Fsp3) is 0.462. The van der Waals surface area contributed by atoms with Crippen molar-refractivity contribution in [2.45, 2.75) is 32.3 Å². The van der Waals surface area contributed by atoms with Crippen molar-refractivity contribution in [2.75, 3.05) is 6.61 Å². The summed E-state index contributed by atoms with van der Waals surface area (Å²) in [7, 11) is 0. The molecule has 0 aliphatic carbocycles. The maximum Gasteiger partial charge on any atom is 0.182 e. The molecule has 1 saturated heterocycles. The molecule has 0 spiro atoms. The molecule has 1 heterocycles. The molecule has 17 heavy (non-hydrogen) atoms. The van der Waals surface area contributed by atoms with E-state index in [1.54, 1.807) is 0 Å². The smallest absolute Gasteiger partial charge is 0.182 e. The third kappa shape index (κ3) is 3.54. The Hall–Kier alpha value is -1.39.